The lowest BCUT2D eigenvalue weighted by Crippen LogP contribution is -2.61. The molecule has 3 aromatic rings. The Labute approximate surface area is 371 Å². The number of pyridine rings is 1. The molecule has 340 valence electrons. The molecule has 2 aromatic carbocycles. The Morgan fingerprint density at radius 1 is 0.859 bits per heavy atom. The van der Waals surface area contributed by atoms with Crippen molar-refractivity contribution in [1.29, 1.82) is 0 Å². The standard InChI is InChI=1S/C46H56N8O10/c1-7-32-43(60)52-23-12-15-33(52)44(61)51(3)35(25-28-17-19-30(20-18-28)54(4,5)6)45(62)53-24-21-31(55)26-34(53)40(57)50-38(29-13-9-8-10-14-29)46(63)64-27(2)37(41(58)48-32)49-42(59)39-36(56)16-11-22-47-39/h8-11,13-14,16-20,22,27,32-35,37-38H,7,12,15,21,23-26H2,1-6H3,(H3-,48,49,50,56,57,58,59)/p+1/t27-,32-,33-,34-,35-,37-,38+/m0/s1. The number of quaternary nitrogens is 1. The van der Waals surface area contributed by atoms with Gasteiger partial charge in [-0.05, 0) is 61.6 Å². The number of aromatic hydroxyl groups is 1. The molecule has 18 nitrogen and oxygen atoms in total. The highest BCUT2D eigenvalue weighted by molar-refractivity contribution is 6.01. The summed E-state index contributed by atoms with van der Waals surface area (Å²) in [5, 5.41) is 18.3. The van der Waals surface area contributed by atoms with Crippen LogP contribution in [0.1, 0.15) is 73.6 Å². The lowest BCUT2D eigenvalue weighted by atomic mass is 9.95. The smallest absolute Gasteiger partial charge is 0.333 e. The Hall–Kier alpha value is -6.69. The molecule has 4 N–H and O–H groups in total. The maximum atomic E-state index is 15.0. The zero-order valence-corrected chi connectivity index (χ0v) is 37.0. The number of nitrogens with zero attached hydrogens (tertiary/aromatic N) is 5. The van der Waals surface area contributed by atoms with E-state index in [4.69, 9.17) is 4.74 Å². The molecular formula is C46H57N8O10+. The van der Waals surface area contributed by atoms with Crippen LogP contribution < -0.4 is 20.4 Å². The molecule has 0 spiro atoms. The van der Waals surface area contributed by atoms with Crippen molar-refractivity contribution in [3.63, 3.8) is 0 Å². The van der Waals surface area contributed by atoms with Gasteiger partial charge in [-0.1, -0.05) is 49.4 Å². The minimum atomic E-state index is -1.68. The molecular weight excluding hydrogens is 825 g/mol. The van der Waals surface area contributed by atoms with Gasteiger partial charge in [0, 0.05) is 45.6 Å². The van der Waals surface area contributed by atoms with Gasteiger partial charge in [0.25, 0.3) is 5.91 Å². The van der Waals surface area contributed by atoms with Gasteiger partial charge in [0.15, 0.2) is 11.7 Å². The number of hydrogen-bond donors (Lipinski definition) is 4. The molecule has 6 rings (SSSR count). The number of benzene rings is 2. The van der Waals surface area contributed by atoms with Crippen molar-refractivity contribution in [2.24, 2.45) is 0 Å². The van der Waals surface area contributed by atoms with Crippen molar-refractivity contribution < 1.29 is 48.2 Å². The summed E-state index contributed by atoms with van der Waals surface area (Å²) in [5.41, 5.74) is 1.55. The largest absolute Gasteiger partial charge is 0.505 e. The molecule has 3 aliphatic rings. The Morgan fingerprint density at radius 2 is 1.55 bits per heavy atom. The summed E-state index contributed by atoms with van der Waals surface area (Å²) in [6.07, 6.45) is 0.182. The molecule has 3 aliphatic heterocycles. The third-order valence-electron chi connectivity index (χ3n) is 12.1. The van der Waals surface area contributed by atoms with Crippen LogP contribution in [0.3, 0.4) is 0 Å². The van der Waals surface area contributed by atoms with Crippen LogP contribution in [0, 0.1) is 0 Å². The number of hydrogen-bond acceptors (Lipinski definition) is 11. The fourth-order valence-corrected chi connectivity index (χ4v) is 8.35. The number of ketones is 1. The highest BCUT2D eigenvalue weighted by Gasteiger charge is 2.46. The molecule has 1 aromatic heterocycles. The average Bonchev–Trinajstić information content (AvgIpc) is 3.77. The molecule has 18 heteroatoms. The van der Waals surface area contributed by atoms with Crippen molar-refractivity contribution in [1.82, 2.24) is 40.1 Å². The van der Waals surface area contributed by atoms with E-state index < -0.39 is 95.2 Å². The highest BCUT2D eigenvalue weighted by Crippen LogP contribution is 2.27. The third-order valence-corrected chi connectivity index (χ3v) is 12.1. The summed E-state index contributed by atoms with van der Waals surface area (Å²) in [5.74, 6) is -6.31. The average molecular weight is 882 g/mol. The van der Waals surface area contributed by atoms with Crippen molar-refractivity contribution >= 4 is 52.9 Å². The summed E-state index contributed by atoms with van der Waals surface area (Å²) in [6.45, 7) is 3.02. The summed E-state index contributed by atoms with van der Waals surface area (Å²) in [6, 6.07) is 10.2. The Kier molecular flexibility index (Phi) is 14.5. The van der Waals surface area contributed by atoms with Gasteiger partial charge >= 0.3 is 5.97 Å². The Bertz CT molecular complexity index is 2270. The number of carbonyl (C=O) groups excluding carboxylic acids is 8. The first kappa shape index (κ1) is 46.8. The zero-order chi connectivity index (χ0) is 46.5. The van der Waals surface area contributed by atoms with E-state index in [0.29, 0.717) is 10.9 Å². The van der Waals surface area contributed by atoms with Crippen LogP contribution in [-0.4, -0.2) is 150 Å². The second-order valence-corrected chi connectivity index (χ2v) is 17.4. The normalized spacial score (nSPS) is 25.6. The van der Waals surface area contributed by atoms with E-state index in [1.54, 1.807) is 37.3 Å². The molecule has 0 aliphatic carbocycles. The van der Waals surface area contributed by atoms with Crippen molar-refractivity contribution in [3.8, 4) is 5.75 Å². The fraction of sp³-hybridized carbons (Fsp3) is 0.457. The maximum Gasteiger partial charge on any atom is 0.333 e. The van der Waals surface area contributed by atoms with Crippen molar-refractivity contribution in [2.45, 2.75) is 94.7 Å². The van der Waals surface area contributed by atoms with Crippen LogP contribution in [0.25, 0.3) is 0 Å². The van der Waals surface area contributed by atoms with Gasteiger partial charge in [0.2, 0.25) is 29.5 Å². The maximum absolute atomic E-state index is 15.0. The lowest BCUT2D eigenvalue weighted by Gasteiger charge is -2.40. The number of fused-ring (bicyclic) bond motifs is 2. The van der Waals surface area contributed by atoms with E-state index in [9.17, 15) is 38.7 Å². The molecule has 0 bridgehead atoms. The number of piperidine rings is 1. The first-order valence-corrected chi connectivity index (χ1v) is 21.5. The molecule has 6 amide bonds. The van der Waals surface area contributed by atoms with E-state index in [-0.39, 0.29) is 56.5 Å². The molecule has 3 saturated heterocycles. The predicted octanol–water partition coefficient (Wildman–Crippen LogP) is 1.40. The van der Waals surface area contributed by atoms with Crippen molar-refractivity contribution in [2.75, 3.05) is 41.3 Å². The Balaban J connectivity index is 1.44. The summed E-state index contributed by atoms with van der Waals surface area (Å²) < 4.78 is 6.39. The summed E-state index contributed by atoms with van der Waals surface area (Å²) in [7, 11) is 7.52. The monoisotopic (exact) mass is 881 g/mol. The summed E-state index contributed by atoms with van der Waals surface area (Å²) in [4.78, 5) is 122. The Morgan fingerprint density at radius 3 is 2.20 bits per heavy atom. The van der Waals surface area contributed by atoms with Crippen LogP contribution in [0.5, 0.6) is 5.75 Å². The van der Waals surface area contributed by atoms with Gasteiger partial charge in [0.1, 0.15) is 53.5 Å². The minimum Gasteiger partial charge on any atom is -0.505 e. The first-order chi connectivity index (χ1) is 30.4. The van der Waals surface area contributed by atoms with Crippen LogP contribution in [0.4, 0.5) is 5.69 Å². The fourth-order valence-electron chi connectivity index (χ4n) is 8.35. The van der Waals surface area contributed by atoms with Gasteiger partial charge in [-0.25, -0.2) is 9.78 Å². The number of likely N-dealkylation sites (N-methyl/N-ethyl adjacent to an activating group) is 1. The number of aromatic nitrogens is 1. The molecule has 0 radical (unpaired) electrons. The number of amides is 6. The molecule has 0 saturated carbocycles. The van der Waals surface area contributed by atoms with E-state index in [0.717, 1.165) is 11.3 Å². The first-order valence-electron chi connectivity index (χ1n) is 21.5. The molecule has 0 unspecified atom stereocenters. The molecule has 7 atom stereocenters. The number of nitrogens with one attached hydrogen (secondary N) is 3. The second-order valence-electron chi connectivity index (χ2n) is 17.4. The highest BCUT2D eigenvalue weighted by atomic mass is 16.5. The zero-order valence-electron chi connectivity index (χ0n) is 37.0. The van der Waals surface area contributed by atoms with Crippen LogP contribution in [0.2, 0.25) is 0 Å². The topological polar surface area (TPSA) is 225 Å². The quantitative estimate of drug-likeness (QED) is 0.196. The van der Waals surface area contributed by atoms with Gasteiger partial charge in [-0.15, -0.1) is 0 Å². The van der Waals surface area contributed by atoms with Gasteiger partial charge in [0.05, 0.1) is 21.1 Å². The third kappa shape index (κ3) is 10.4. The minimum absolute atomic E-state index is 0.0336. The van der Waals surface area contributed by atoms with Crippen LogP contribution in [0.15, 0.2) is 72.9 Å². The molecule has 64 heavy (non-hydrogen) atoms. The number of ether oxygens (including phenoxy) is 1. The van der Waals surface area contributed by atoms with Gasteiger partial charge in [-0.2, -0.15) is 0 Å². The van der Waals surface area contributed by atoms with E-state index >= 15 is 4.79 Å². The lowest BCUT2D eigenvalue weighted by molar-refractivity contribution is -0.156. The van der Waals surface area contributed by atoms with Crippen molar-refractivity contribution in [3.05, 3.63) is 89.7 Å². The number of carbonyl (C=O) groups is 8. The van der Waals surface area contributed by atoms with E-state index in [1.165, 1.54) is 47.0 Å². The number of Topliss-reactive ketones (excluding diaryl/α,β-unsaturated/α-hetero) is 1. The van der Waals surface area contributed by atoms with Crippen LogP contribution >= 0.6 is 0 Å². The van der Waals surface area contributed by atoms with E-state index in [1.807, 2.05) is 45.4 Å². The summed E-state index contributed by atoms with van der Waals surface area (Å²) >= 11 is 0. The second kappa shape index (κ2) is 19.8. The number of cyclic esters (lactones) is 1. The van der Waals surface area contributed by atoms with Crippen LogP contribution in [-0.2, 0) is 44.7 Å². The molecule has 3 fully saturated rings. The van der Waals surface area contributed by atoms with Gasteiger partial charge in [-0.3, -0.25) is 38.0 Å². The predicted molar refractivity (Wildman–Crippen MR) is 233 cm³/mol. The molecule has 4 heterocycles. The SMILES string of the molecule is CC[C@@H]1NC(=O)[C@@H](NC(=O)c2ncccc2O)[C@H](C)OC(=O)[C@@H](c2ccccc2)NC(=O)[C@@H]2CC(=O)CCN2C(=O)[C@H](Cc2ccc([N+](C)(C)C)cc2)N(C)C(=O)[C@@H]2CCCN2C1=O. The number of esters is 1. The van der Waals surface area contributed by atoms with Gasteiger partial charge < -0.3 is 40.5 Å². The van der Waals surface area contributed by atoms with E-state index in [2.05, 4.69) is 20.9 Å². The number of rotatable bonds is 7.